The summed E-state index contributed by atoms with van der Waals surface area (Å²) in [5.41, 5.74) is 4.17. The Kier molecular flexibility index (Phi) is 5.89. The molecule has 0 bridgehead atoms. The first-order valence-corrected chi connectivity index (χ1v) is 11.6. The summed E-state index contributed by atoms with van der Waals surface area (Å²) in [5.74, 6) is 2.47. The Hall–Kier alpha value is -3.58. The topological polar surface area (TPSA) is 57.2 Å². The van der Waals surface area contributed by atoms with E-state index in [-0.39, 0.29) is 0 Å². The summed E-state index contributed by atoms with van der Waals surface area (Å²) in [6.45, 7) is 2.63. The van der Waals surface area contributed by atoms with Crippen molar-refractivity contribution in [2.45, 2.75) is 24.3 Å². The van der Waals surface area contributed by atoms with Gasteiger partial charge in [0.1, 0.15) is 17.2 Å². The number of imidazole rings is 1. The second kappa shape index (κ2) is 9.28. The SMILES string of the molecule is CCOc1ccc(-n2c(Cc3ccccc3)nnc2SCc2cn3ccccc3n2)cc1. The lowest BCUT2D eigenvalue weighted by atomic mass is 10.1. The summed E-state index contributed by atoms with van der Waals surface area (Å²) in [7, 11) is 0. The predicted octanol–water partition coefficient (Wildman–Crippen LogP) is 5.20. The second-order valence-electron chi connectivity index (χ2n) is 7.31. The Bertz CT molecular complexity index is 1280. The van der Waals surface area contributed by atoms with Gasteiger partial charge in [0.05, 0.1) is 12.3 Å². The van der Waals surface area contributed by atoms with Crippen molar-refractivity contribution in [2.24, 2.45) is 0 Å². The number of fused-ring (bicyclic) bond motifs is 1. The largest absolute Gasteiger partial charge is 0.494 e. The molecule has 3 aromatic heterocycles. The monoisotopic (exact) mass is 441 g/mol. The smallest absolute Gasteiger partial charge is 0.196 e. The minimum absolute atomic E-state index is 0.644. The zero-order valence-electron chi connectivity index (χ0n) is 17.8. The summed E-state index contributed by atoms with van der Waals surface area (Å²) >= 11 is 1.64. The number of thioether (sulfide) groups is 1. The molecule has 3 heterocycles. The zero-order valence-corrected chi connectivity index (χ0v) is 18.6. The van der Waals surface area contributed by atoms with Gasteiger partial charge in [-0.15, -0.1) is 10.2 Å². The maximum atomic E-state index is 5.61. The molecule has 32 heavy (non-hydrogen) atoms. The van der Waals surface area contributed by atoms with E-state index < -0.39 is 0 Å². The molecule has 0 saturated carbocycles. The van der Waals surface area contributed by atoms with E-state index in [1.807, 2.05) is 66.1 Å². The molecule has 0 unspecified atom stereocenters. The van der Waals surface area contributed by atoms with Crippen LogP contribution in [0.4, 0.5) is 0 Å². The van der Waals surface area contributed by atoms with Crippen molar-refractivity contribution in [2.75, 3.05) is 6.61 Å². The van der Waals surface area contributed by atoms with Crippen molar-refractivity contribution in [1.82, 2.24) is 24.1 Å². The molecule has 0 aliphatic heterocycles. The van der Waals surface area contributed by atoms with Gasteiger partial charge in [-0.2, -0.15) is 0 Å². The lowest BCUT2D eigenvalue weighted by Crippen LogP contribution is -2.04. The summed E-state index contributed by atoms with van der Waals surface area (Å²) in [6, 6.07) is 24.4. The molecule has 5 rings (SSSR count). The van der Waals surface area contributed by atoms with Crippen LogP contribution < -0.4 is 4.74 Å². The first-order valence-electron chi connectivity index (χ1n) is 10.6. The van der Waals surface area contributed by atoms with Crippen molar-refractivity contribution < 1.29 is 4.74 Å². The van der Waals surface area contributed by atoms with E-state index in [2.05, 4.69) is 45.2 Å². The minimum Gasteiger partial charge on any atom is -0.494 e. The van der Waals surface area contributed by atoms with Crippen LogP contribution in [0.3, 0.4) is 0 Å². The summed E-state index contributed by atoms with van der Waals surface area (Å²) in [5, 5.41) is 9.91. The van der Waals surface area contributed by atoms with Gasteiger partial charge in [0, 0.05) is 30.3 Å². The third kappa shape index (κ3) is 4.38. The molecule has 0 aliphatic rings. The lowest BCUT2D eigenvalue weighted by Gasteiger charge is -2.11. The minimum atomic E-state index is 0.644. The predicted molar refractivity (Wildman–Crippen MR) is 127 cm³/mol. The highest BCUT2D eigenvalue weighted by atomic mass is 32.2. The van der Waals surface area contributed by atoms with Gasteiger partial charge in [0.2, 0.25) is 0 Å². The van der Waals surface area contributed by atoms with Crippen LogP contribution in [0.5, 0.6) is 5.75 Å². The summed E-state index contributed by atoms with van der Waals surface area (Å²) in [4.78, 5) is 4.70. The van der Waals surface area contributed by atoms with Crippen LogP contribution in [-0.4, -0.2) is 30.8 Å². The fourth-order valence-electron chi connectivity index (χ4n) is 3.60. The number of benzene rings is 2. The van der Waals surface area contributed by atoms with E-state index >= 15 is 0 Å². The lowest BCUT2D eigenvalue weighted by molar-refractivity contribution is 0.340. The van der Waals surface area contributed by atoms with Gasteiger partial charge in [-0.1, -0.05) is 48.2 Å². The highest BCUT2D eigenvalue weighted by Gasteiger charge is 2.16. The van der Waals surface area contributed by atoms with Crippen LogP contribution in [0.1, 0.15) is 24.0 Å². The maximum absolute atomic E-state index is 5.61. The Morgan fingerprint density at radius 2 is 1.72 bits per heavy atom. The number of pyridine rings is 1. The van der Waals surface area contributed by atoms with E-state index in [1.165, 1.54) is 5.56 Å². The third-order valence-electron chi connectivity index (χ3n) is 5.07. The van der Waals surface area contributed by atoms with Gasteiger partial charge < -0.3 is 9.14 Å². The van der Waals surface area contributed by atoms with Gasteiger partial charge in [0.15, 0.2) is 5.16 Å². The molecule has 0 aliphatic carbocycles. The van der Waals surface area contributed by atoms with E-state index in [0.29, 0.717) is 18.8 Å². The zero-order chi connectivity index (χ0) is 21.8. The van der Waals surface area contributed by atoms with E-state index in [9.17, 15) is 0 Å². The van der Waals surface area contributed by atoms with Crippen LogP contribution in [0, 0.1) is 0 Å². The standard InChI is InChI=1S/C25H23N5OS/c1-2-31-22-13-11-21(12-14-22)30-24(16-19-8-4-3-5-9-19)27-28-25(30)32-18-20-17-29-15-7-6-10-23(29)26-20/h3-15,17H,2,16,18H2,1H3. The number of aromatic nitrogens is 5. The highest BCUT2D eigenvalue weighted by Crippen LogP contribution is 2.27. The Morgan fingerprint density at radius 3 is 2.50 bits per heavy atom. The average Bonchev–Trinajstić information content (AvgIpc) is 3.43. The Balaban J connectivity index is 1.45. The fraction of sp³-hybridized carbons (Fsp3) is 0.160. The Labute approximate surface area is 190 Å². The summed E-state index contributed by atoms with van der Waals surface area (Å²) < 4.78 is 9.78. The van der Waals surface area contributed by atoms with Crippen LogP contribution in [0.25, 0.3) is 11.3 Å². The molecular formula is C25H23N5OS. The van der Waals surface area contributed by atoms with Gasteiger partial charge in [-0.3, -0.25) is 4.57 Å². The summed E-state index contributed by atoms with van der Waals surface area (Å²) in [6.07, 6.45) is 4.78. The average molecular weight is 442 g/mol. The first kappa shape index (κ1) is 20.3. The molecule has 2 aromatic carbocycles. The quantitative estimate of drug-likeness (QED) is 0.310. The maximum Gasteiger partial charge on any atom is 0.196 e. The second-order valence-corrected chi connectivity index (χ2v) is 8.25. The first-order chi connectivity index (χ1) is 15.8. The van der Waals surface area contributed by atoms with E-state index in [0.717, 1.165) is 33.8 Å². The molecule has 160 valence electrons. The van der Waals surface area contributed by atoms with Crippen molar-refractivity contribution in [3.8, 4) is 11.4 Å². The Morgan fingerprint density at radius 1 is 0.906 bits per heavy atom. The van der Waals surface area contributed by atoms with Crippen molar-refractivity contribution in [3.63, 3.8) is 0 Å². The van der Waals surface area contributed by atoms with Crippen LogP contribution >= 0.6 is 11.8 Å². The molecular weight excluding hydrogens is 418 g/mol. The van der Waals surface area contributed by atoms with Crippen LogP contribution in [0.15, 0.2) is 90.3 Å². The van der Waals surface area contributed by atoms with Crippen molar-refractivity contribution in [3.05, 3.63) is 102 Å². The van der Waals surface area contributed by atoms with Crippen molar-refractivity contribution in [1.29, 1.82) is 0 Å². The molecule has 6 nitrogen and oxygen atoms in total. The van der Waals surface area contributed by atoms with E-state index in [4.69, 9.17) is 9.72 Å². The molecule has 0 spiro atoms. The molecule has 0 saturated heterocycles. The molecule has 0 amide bonds. The van der Waals surface area contributed by atoms with Gasteiger partial charge >= 0.3 is 0 Å². The van der Waals surface area contributed by atoms with Gasteiger partial charge in [0.25, 0.3) is 0 Å². The fourth-order valence-corrected chi connectivity index (χ4v) is 4.45. The van der Waals surface area contributed by atoms with Crippen molar-refractivity contribution >= 4 is 17.4 Å². The number of hydrogen-bond donors (Lipinski definition) is 0. The number of ether oxygens (including phenoxy) is 1. The molecule has 0 radical (unpaired) electrons. The molecule has 0 N–H and O–H groups in total. The van der Waals surface area contributed by atoms with Gasteiger partial charge in [-0.05, 0) is 48.9 Å². The molecule has 7 heteroatoms. The normalized spacial score (nSPS) is 11.2. The van der Waals surface area contributed by atoms with Crippen LogP contribution in [-0.2, 0) is 12.2 Å². The molecule has 0 fully saturated rings. The molecule has 5 aromatic rings. The molecule has 0 atom stereocenters. The number of rotatable bonds is 8. The third-order valence-corrected chi connectivity index (χ3v) is 6.04. The highest BCUT2D eigenvalue weighted by molar-refractivity contribution is 7.98. The number of nitrogens with zero attached hydrogens (tertiary/aromatic N) is 5. The van der Waals surface area contributed by atoms with E-state index in [1.54, 1.807) is 11.8 Å². The van der Waals surface area contributed by atoms with Crippen LogP contribution in [0.2, 0.25) is 0 Å². The van der Waals surface area contributed by atoms with Gasteiger partial charge in [-0.25, -0.2) is 4.98 Å². The number of hydrogen-bond acceptors (Lipinski definition) is 5.